The van der Waals surface area contributed by atoms with Crippen molar-refractivity contribution < 1.29 is 4.79 Å². The Morgan fingerprint density at radius 1 is 1.37 bits per heavy atom. The van der Waals surface area contributed by atoms with Crippen LogP contribution in [0, 0.1) is 11.3 Å². The van der Waals surface area contributed by atoms with Crippen LogP contribution in [0.2, 0.25) is 5.02 Å². The highest BCUT2D eigenvalue weighted by Gasteiger charge is 2.23. The number of piperazine rings is 1. The maximum absolute atomic E-state index is 12.1. The smallest absolute Gasteiger partial charge is 0.234 e. The monoisotopic (exact) mass is 385 g/mol. The van der Waals surface area contributed by atoms with Crippen LogP contribution in [0.1, 0.15) is 25.8 Å². The Morgan fingerprint density at radius 2 is 2.11 bits per heavy atom. The van der Waals surface area contributed by atoms with Crippen molar-refractivity contribution in [2.24, 2.45) is 0 Å². The summed E-state index contributed by atoms with van der Waals surface area (Å²) >= 11 is 6.18. The standard InChI is InChI=1S/C20H24ClN5O/c1-3-14(2)24-19(27)13-25-6-8-26(9-7-25)20-15(11-22)12-23-18-5-4-16(21)10-17(18)20/h4-5,10,12,14H,3,6-9,13H2,1-2H3,(H,24,27). The molecule has 0 spiro atoms. The molecular formula is C20H24ClN5O. The summed E-state index contributed by atoms with van der Waals surface area (Å²) in [5.41, 5.74) is 2.25. The van der Waals surface area contributed by atoms with Crippen molar-refractivity contribution in [2.45, 2.75) is 26.3 Å². The van der Waals surface area contributed by atoms with Gasteiger partial charge >= 0.3 is 0 Å². The molecule has 7 heteroatoms. The molecule has 0 aliphatic carbocycles. The normalized spacial score (nSPS) is 16.1. The largest absolute Gasteiger partial charge is 0.367 e. The number of aromatic nitrogens is 1. The Bertz CT molecular complexity index is 871. The van der Waals surface area contributed by atoms with Crippen LogP contribution < -0.4 is 10.2 Å². The van der Waals surface area contributed by atoms with Gasteiger partial charge in [-0.3, -0.25) is 14.7 Å². The quantitative estimate of drug-likeness (QED) is 0.856. The Labute approximate surface area is 164 Å². The van der Waals surface area contributed by atoms with Gasteiger partial charge in [0.25, 0.3) is 0 Å². The minimum atomic E-state index is 0.0663. The zero-order chi connectivity index (χ0) is 19.4. The Balaban J connectivity index is 1.74. The highest BCUT2D eigenvalue weighted by Crippen LogP contribution is 2.31. The second-order valence-corrected chi connectivity index (χ2v) is 7.37. The van der Waals surface area contributed by atoms with E-state index in [2.05, 4.69) is 33.1 Å². The van der Waals surface area contributed by atoms with Gasteiger partial charge in [-0.2, -0.15) is 5.26 Å². The molecule has 0 radical (unpaired) electrons. The topological polar surface area (TPSA) is 72.3 Å². The van der Waals surface area contributed by atoms with E-state index < -0.39 is 0 Å². The number of anilines is 1. The van der Waals surface area contributed by atoms with Crippen LogP contribution in [0.25, 0.3) is 10.9 Å². The molecule has 0 bridgehead atoms. The van der Waals surface area contributed by atoms with Gasteiger partial charge < -0.3 is 10.2 Å². The van der Waals surface area contributed by atoms with Crippen LogP contribution in [0.5, 0.6) is 0 Å². The SMILES string of the molecule is CCC(C)NC(=O)CN1CCN(c2c(C#N)cnc3ccc(Cl)cc23)CC1. The molecular weight excluding hydrogens is 362 g/mol. The fourth-order valence-corrected chi connectivity index (χ4v) is 3.50. The molecule has 2 heterocycles. The van der Waals surface area contributed by atoms with Gasteiger partial charge in [-0.1, -0.05) is 18.5 Å². The third kappa shape index (κ3) is 4.49. The van der Waals surface area contributed by atoms with Gasteiger partial charge in [-0.25, -0.2) is 0 Å². The lowest BCUT2D eigenvalue weighted by atomic mass is 10.1. The fourth-order valence-electron chi connectivity index (χ4n) is 3.33. The van der Waals surface area contributed by atoms with Crippen molar-refractivity contribution in [3.8, 4) is 6.07 Å². The first kappa shape index (κ1) is 19.4. The van der Waals surface area contributed by atoms with Crippen LogP contribution in [-0.2, 0) is 4.79 Å². The molecule has 1 aromatic heterocycles. The molecule has 27 heavy (non-hydrogen) atoms. The molecule has 3 rings (SSSR count). The lowest BCUT2D eigenvalue weighted by Crippen LogP contribution is -2.50. The number of rotatable bonds is 5. The molecule has 1 amide bonds. The van der Waals surface area contributed by atoms with Gasteiger partial charge in [0.1, 0.15) is 6.07 Å². The first-order valence-corrected chi connectivity index (χ1v) is 9.64. The average molecular weight is 386 g/mol. The van der Waals surface area contributed by atoms with Crippen LogP contribution in [0.3, 0.4) is 0 Å². The summed E-state index contributed by atoms with van der Waals surface area (Å²) in [6.45, 7) is 7.51. The molecule has 1 saturated heterocycles. The van der Waals surface area contributed by atoms with E-state index in [1.807, 2.05) is 19.1 Å². The predicted octanol–water partition coefficient (Wildman–Crippen LogP) is 2.80. The number of carbonyl (C=O) groups excluding carboxylic acids is 1. The first-order chi connectivity index (χ1) is 13.0. The highest BCUT2D eigenvalue weighted by atomic mass is 35.5. The van der Waals surface area contributed by atoms with Gasteiger partial charge in [0.15, 0.2) is 0 Å². The molecule has 6 nitrogen and oxygen atoms in total. The van der Waals surface area contributed by atoms with Crippen LogP contribution >= 0.6 is 11.6 Å². The maximum Gasteiger partial charge on any atom is 0.234 e. The molecule has 0 saturated carbocycles. The van der Waals surface area contributed by atoms with E-state index >= 15 is 0 Å². The number of pyridine rings is 1. The van der Waals surface area contributed by atoms with Gasteiger partial charge in [-0.05, 0) is 31.5 Å². The summed E-state index contributed by atoms with van der Waals surface area (Å²) in [6, 6.07) is 8.00. The summed E-state index contributed by atoms with van der Waals surface area (Å²) in [4.78, 5) is 20.8. The molecule has 1 unspecified atom stereocenters. The summed E-state index contributed by atoms with van der Waals surface area (Å²) in [7, 11) is 0. The van der Waals surface area contributed by atoms with Crippen molar-refractivity contribution in [3.05, 3.63) is 35.0 Å². The lowest BCUT2D eigenvalue weighted by molar-refractivity contribution is -0.122. The van der Waals surface area contributed by atoms with Crippen molar-refractivity contribution in [3.63, 3.8) is 0 Å². The average Bonchev–Trinajstić information content (AvgIpc) is 2.67. The molecule has 142 valence electrons. The summed E-state index contributed by atoms with van der Waals surface area (Å²) in [6.07, 6.45) is 2.55. The van der Waals surface area contributed by atoms with Crippen LogP contribution in [-0.4, -0.2) is 54.6 Å². The number of benzene rings is 1. The first-order valence-electron chi connectivity index (χ1n) is 9.26. The summed E-state index contributed by atoms with van der Waals surface area (Å²) < 4.78 is 0. The number of carbonyl (C=O) groups is 1. The van der Waals surface area contributed by atoms with Gasteiger partial charge in [-0.15, -0.1) is 0 Å². The van der Waals surface area contributed by atoms with E-state index in [0.717, 1.165) is 49.2 Å². The van der Waals surface area contributed by atoms with E-state index in [0.29, 0.717) is 17.1 Å². The minimum absolute atomic E-state index is 0.0663. The maximum atomic E-state index is 12.1. The zero-order valence-corrected chi connectivity index (χ0v) is 16.5. The zero-order valence-electron chi connectivity index (χ0n) is 15.7. The van der Waals surface area contributed by atoms with Crippen molar-refractivity contribution in [1.29, 1.82) is 5.26 Å². The Kier molecular flexibility index (Phi) is 6.15. The van der Waals surface area contributed by atoms with Crippen molar-refractivity contribution in [2.75, 3.05) is 37.6 Å². The van der Waals surface area contributed by atoms with Gasteiger partial charge in [0, 0.05) is 48.8 Å². The van der Waals surface area contributed by atoms with E-state index in [1.165, 1.54) is 0 Å². The van der Waals surface area contributed by atoms with Crippen molar-refractivity contribution >= 4 is 34.1 Å². The number of nitrogens with zero attached hydrogens (tertiary/aromatic N) is 4. The summed E-state index contributed by atoms with van der Waals surface area (Å²) in [5.74, 6) is 0.0663. The highest BCUT2D eigenvalue weighted by molar-refractivity contribution is 6.31. The molecule has 2 aromatic rings. The minimum Gasteiger partial charge on any atom is -0.367 e. The molecule has 1 atom stereocenters. The van der Waals surface area contributed by atoms with Gasteiger partial charge in [0.05, 0.1) is 23.3 Å². The van der Waals surface area contributed by atoms with E-state index in [9.17, 15) is 10.1 Å². The number of hydrogen-bond donors (Lipinski definition) is 1. The third-order valence-electron chi connectivity index (χ3n) is 5.00. The second kappa shape index (κ2) is 8.55. The summed E-state index contributed by atoms with van der Waals surface area (Å²) in [5, 5.41) is 14.1. The molecule has 1 aliphatic rings. The van der Waals surface area contributed by atoms with E-state index in [-0.39, 0.29) is 11.9 Å². The van der Waals surface area contributed by atoms with Crippen LogP contribution in [0.4, 0.5) is 5.69 Å². The number of fused-ring (bicyclic) bond motifs is 1. The van der Waals surface area contributed by atoms with Crippen LogP contribution in [0.15, 0.2) is 24.4 Å². The number of amides is 1. The number of hydrogen-bond acceptors (Lipinski definition) is 5. The molecule has 1 aromatic carbocycles. The predicted molar refractivity (Wildman–Crippen MR) is 108 cm³/mol. The Hall–Kier alpha value is -2.36. The molecule has 1 aliphatic heterocycles. The number of halogens is 1. The lowest BCUT2D eigenvalue weighted by Gasteiger charge is -2.36. The fraction of sp³-hybridized carbons (Fsp3) is 0.450. The van der Waals surface area contributed by atoms with E-state index in [1.54, 1.807) is 12.3 Å². The molecule has 1 fully saturated rings. The number of nitrogens with one attached hydrogen (secondary N) is 1. The second-order valence-electron chi connectivity index (χ2n) is 6.93. The van der Waals surface area contributed by atoms with Gasteiger partial charge in [0.2, 0.25) is 5.91 Å². The van der Waals surface area contributed by atoms with Crippen molar-refractivity contribution in [1.82, 2.24) is 15.2 Å². The number of nitriles is 1. The Morgan fingerprint density at radius 3 is 2.78 bits per heavy atom. The molecule has 1 N–H and O–H groups in total. The van der Waals surface area contributed by atoms with E-state index in [4.69, 9.17) is 11.6 Å². The third-order valence-corrected chi connectivity index (χ3v) is 5.23.